The number of hydrogen-bond donors (Lipinski definition) is 0. The summed E-state index contributed by atoms with van der Waals surface area (Å²) >= 11 is 2.27. The summed E-state index contributed by atoms with van der Waals surface area (Å²) in [7, 11) is 0. The lowest BCUT2D eigenvalue weighted by Gasteiger charge is -2.09. The van der Waals surface area contributed by atoms with E-state index in [0.29, 0.717) is 11.3 Å². The molecule has 19 heavy (non-hydrogen) atoms. The number of ether oxygens (including phenoxy) is 1. The van der Waals surface area contributed by atoms with Gasteiger partial charge in [0, 0.05) is 9.14 Å². The molecule has 96 valence electrons. The third-order valence-electron chi connectivity index (χ3n) is 2.58. The standard InChI is InChI=1S/C16H13IO2/c1-11(2)16(18)19-13-8-9-15(17)14(10-13)12-6-4-3-5-7-12/h3-10H,1H2,2H3. The van der Waals surface area contributed by atoms with Crippen molar-refractivity contribution in [1.82, 2.24) is 0 Å². The van der Waals surface area contributed by atoms with Gasteiger partial charge in [-0.1, -0.05) is 36.9 Å². The van der Waals surface area contributed by atoms with Gasteiger partial charge in [-0.05, 0) is 58.8 Å². The van der Waals surface area contributed by atoms with Gasteiger partial charge in [-0.2, -0.15) is 0 Å². The number of rotatable bonds is 3. The summed E-state index contributed by atoms with van der Waals surface area (Å²) < 4.78 is 6.36. The molecule has 0 amide bonds. The second-order valence-electron chi connectivity index (χ2n) is 4.18. The van der Waals surface area contributed by atoms with Crippen LogP contribution in [0.3, 0.4) is 0 Å². The van der Waals surface area contributed by atoms with Crippen molar-refractivity contribution in [2.24, 2.45) is 0 Å². The van der Waals surface area contributed by atoms with E-state index in [1.165, 1.54) is 0 Å². The van der Waals surface area contributed by atoms with E-state index in [-0.39, 0.29) is 0 Å². The maximum atomic E-state index is 11.5. The Balaban J connectivity index is 2.35. The van der Waals surface area contributed by atoms with Gasteiger partial charge in [-0.3, -0.25) is 0 Å². The molecule has 3 heteroatoms. The smallest absolute Gasteiger partial charge is 0.338 e. The van der Waals surface area contributed by atoms with Gasteiger partial charge in [-0.15, -0.1) is 0 Å². The van der Waals surface area contributed by atoms with E-state index >= 15 is 0 Å². The van der Waals surface area contributed by atoms with Crippen LogP contribution in [0.1, 0.15) is 6.92 Å². The fourth-order valence-corrected chi connectivity index (χ4v) is 2.25. The molecule has 0 aliphatic carbocycles. The van der Waals surface area contributed by atoms with Gasteiger partial charge >= 0.3 is 5.97 Å². The first-order valence-corrected chi connectivity index (χ1v) is 6.88. The van der Waals surface area contributed by atoms with E-state index < -0.39 is 5.97 Å². The minimum Gasteiger partial charge on any atom is -0.423 e. The first-order chi connectivity index (χ1) is 9.08. The minimum absolute atomic E-state index is 0.389. The molecule has 0 heterocycles. The third kappa shape index (κ3) is 3.44. The summed E-state index contributed by atoms with van der Waals surface area (Å²) in [6.07, 6.45) is 0. The summed E-state index contributed by atoms with van der Waals surface area (Å²) in [5.74, 6) is 0.132. The van der Waals surface area contributed by atoms with Gasteiger partial charge < -0.3 is 4.74 Å². The van der Waals surface area contributed by atoms with Crippen molar-refractivity contribution in [2.75, 3.05) is 0 Å². The van der Waals surface area contributed by atoms with Crippen LogP contribution < -0.4 is 4.74 Å². The van der Waals surface area contributed by atoms with Crippen LogP contribution >= 0.6 is 22.6 Å². The van der Waals surface area contributed by atoms with Crippen LogP contribution in [0.2, 0.25) is 0 Å². The quantitative estimate of drug-likeness (QED) is 0.348. The zero-order valence-electron chi connectivity index (χ0n) is 10.5. The monoisotopic (exact) mass is 364 g/mol. The highest BCUT2D eigenvalue weighted by Crippen LogP contribution is 2.29. The molecule has 2 nitrogen and oxygen atoms in total. The van der Waals surface area contributed by atoms with Crippen LogP contribution in [0, 0.1) is 3.57 Å². The normalized spacial score (nSPS) is 10.0. The maximum absolute atomic E-state index is 11.5. The van der Waals surface area contributed by atoms with Gasteiger partial charge in [-0.25, -0.2) is 4.79 Å². The summed E-state index contributed by atoms with van der Waals surface area (Å²) in [6, 6.07) is 15.6. The van der Waals surface area contributed by atoms with Crippen LogP contribution in [-0.4, -0.2) is 5.97 Å². The molecule has 0 spiro atoms. The topological polar surface area (TPSA) is 26.3 Å². The zero-order chi connectivity index (χ0) is 13.8. The first-order valence-electron chi connectivity index (χ1n) is 5.80. The highest BCUT2D eigenvalue weighted by molar-refractivity contribution is 14.1. The van der Waals surface area contributed by atoms with E-state index in [1.54, 1.807) is 13.0 Å². The number of carbonyl (C=O) groups is 1. The minimum atomic E-state index is -0.403. The van der Waals surface area contributed by atoms with Crippen molar-refractivity contribution in [3.63, 3.8) is 0 Å². The Kier molecular flexibility index (Phi) is 4.37. The summed E-state index contributed by atoms with van der Waals surface area (Å²) in [5, 5.41) is 0. The van der Waals surface area contributed by atoms with Gasteiger partial charge in [0.1, 0.15) is 5.75 Å². The van der Waals surface area contributed by atoms with Crippen molar-refractivity contribution in [2.45, 2.75) is 6.92 Å². The number of halogens is 1. The Hall–Kier alpha value is -1.62. The Morgan fingerprint density at radius 1 is 1.16 bits per heavy atom. The van der Waals surface area contributed by atoms with Crippen molar-refractivity contribution < 1.29 is 9.53 Å². The number of esters is 1. The average molecular weight is 364 g/mol. The first kappa shape index (κ1) is 13.8. The van der Waals surface area contributed by atoms with Gasteiger partial charge in [0.15, 0.2) is 0 Å². The molecule has 2 aromatic rings. The van der Waals surface area contributed by atoms with Gasteiger partial charge in [0.25, 0.3) is 0 Å². The predicted molar refractivity (Wildman–Crippen MR) is 85.0 cm³/mol. The van der Waals surface area contributed by atoms with E-state index in [0.717, 1.165) is 14.7 Å². The molecule has 2 rings (SSSR count). The molecule has 0 unspecified atom stereocenters. The molecular weight excluding hydrogens is 351 g/mol. The van der Waals surface area contributed by atoms with Crippen molar-refractivity contribution in [3.05, 3.63) is 64.3 Å². The zero-order valence-corrected chi connectivity index (χ0v) is 12.7. The molecule has 0 atom stereocenters. The molecule has 0 aliphatic heterocycles. The van der Waals surface area contributed by atoms with Crippen LogP contribution in [-0.2, 0) is 4.79 Å². The third-order valence-corrected chi connectivity index (χ3v) is 3.52. The maximum Gasteiger partial charge on any atom is 0.338 e. The predicted octanol–water partition coefficient (Wildman–Crippen LogP) is 4.44. The Morgan fingerprint density at radius 3 is 2.47 bits per heavy atom. The van der Waals surface area contributed by atoms with Crippen LogP contribution in [0.4, 0.5) is 0 Å². The van der Waals surface area contributed by atoms with Gasteiger partial charge in [0.05, 0.1) is 0 Å². The molecule has 0 N–H and O–H groups in total. The van der Waals surface area contributed by atoms with Crippen molar-refractivity contribution >= 4 is 28.6 Å². The van der Waals surface area contributed by atoms with Crippen LogP contribution in [0.5, 0.6) is 5.75 Å². The fourth-order valence-electron chi connectivity index (χ4n) is 1.60. The second-order valence-corrected chi connectivity index (χ2v) is 5.34. The molecule has 0 radical (unpaired) electrons. The molecule has 0 bridgehead atoms. The molecule has 2 aromatic carbocycles. The van der Waals surface area contributed by atoms with Gasteiger partial charge in [0.2, 0.25) is 0 Å². The van der Waals surface area contributed by atoms with E-state index in [9.17, 15) is 4.79 Å². The molecule has 0 fully saturated rings. The fraction of sp³-hybridized carbons (Fsp3) is 0.0625. The summed E-state index contributed by atoms with van der Waals surface area (Å²) in [4.78, 5) is 11.5. The lowest BCUT2D eigenvalue weighted by Crippen LogP contribution is -2.08. The van der Waals surface area contributed by atoms with E-state index in [4.69, 9.17) is 4.74 Å². The number of carbonyl (C=O) groups excluding carboxylic acids is 1. The molecule has 0 aromatic heterocycles. The van der Waals surface area contributed by atoms with Crippen LogP contribution in [0.15, 0.2) is 60.7 Å². The highest BCUT2D eigenvalue weighted by Gasteiger charge is 2.09. The number of benzene rings is 2. The van der Waals surface area contributed by atoms with Crippen LogP contribution in [0.25, 0.3) is 11.1 Å². The van der Waals surface area contributed by atoms with Crippen molar-refractivity contribution in [3.8, 4) is 16.9 Å². The average Bonchev–Trinajstić information content (AvgIpc) is 2.41. The summed E-state index contributed by atoms with van der Waals surface area (Å²) in [6.45, 7) is 5.21. The Morgan fingerprint density at radius 2 is 1.84 bits per heavy atom. The van der Waals surface area contributed by atoms with Crippen molar-refractivity contribution in [1.29, 1.82) is 0 Å². The van der Waals surface area contributed by atoms with E-state index in [2.05, 4.69) is 29.2 Å². The molecule has 0 saturated heterocycles. The molecular formula is C16H13IO2. The Labute approximate surface area is 126 Å². The molecule has 0 saturated carbocycles. The number of hydrogen-bond acceptors (Lipinski definition) is 2. The Bertz CT molecular complexity index is 618. The lowest BCUT2D eigenvalue weighted by atomic mass is 10.1. The van der Waals surface area contributed by atoms with E-state index in [1.807, 2.05) is 42.5 Å². The highest BCUT2D eigenvalue weighted by atomic mass is 127. The SMILES string of the molecule is C=C(C)C(=O)Oc1ccc(I)c(-c2ccccc2)c1. The second kappa shape index (κ2) is 6.02. The molecule has 0 aliphatic rings. The summed E-state index contributed by atoms with van der Waals surface area (Å²) in [5.41, 5.74) is 2.54. The lowest BCUT2D eigenvalue weighted by molar-refractivity contribution is -0.130. The largest absolute Gasteiger partial charge is 0.423 e.